The van der Waals surface area contributed by atoms with Gasteiger partial charge >= 0.3 is 0 Å². The summed E-state index contributed by atoms with van der Waals surface area (Å²) in [5.74, 6) is 1.04. The second-order valence-corrected chi connectivity index (χ2v) is 6.79. The summed E-state index contributed by atoms with van der Waals surface area (Å²) in [5, 5.41) is 4.18. The van der Waals surface area contributed by atoms with Crippen molar-refractivity contribution in [3.05, 3.63) is 29.3 Å². The third kappa shape index (κ3) is 3.58. The molecule has 0 radical (unpaired) electrons. The van der Waals surface area contributed by atoms with Crippen molar-refractivity contribution in [1.29, 1.82) is 0 Å². The van der Waals surface area contributed by atoms with E-state index >= 15 is 0 Å². The van der Waals surface area contributed by atoms with Crippen molar-refractivity contribution in [2.75, 3.05) is 11.4 Å². The van der Waals surface area contributed by atoms with Crippen molar-refractivity contribution in [2.45, 2.75) is 51.1 Å². The van der Waals surface area contributed by atoms with Crippen LogP contribution in [-0.4, -0.2) is 24.5 Å². The number of halogens is 1. The van der Waals surface area contributed by atoms with Crippen LogP contribution in [0, 0.1) is 5.92 Å². The molecule has 1 N–H and O–H groups in total. The molecule has 1 saturated carbocycles. The maximum absolute atomic E-state index is 12.7. The van der Waals surface area contributed by atoms with Crippen LogP contribution >= 0.6 is 11.6 Å². The molecule has 1 aliphatic carbocycles. The van der Waals surface area contributed by atoms with Gasteiger partial charge in [0.2, 0.25) is 5.91 Å². The Morgan fingerprint density at radius 1 is 1.33 bits per heavy atom. The van der Waals surface area contributed by atoms with Crippen molar-refractivity contribution in [2.24, 2.45) is 5.92 Å². The van der Waals surface area contributed by atoms with E-state index in [9.17, 15) is 4.79 Å². The van der Waals surface area contributed by atoms with Gasteiger partial charge in [-0.25, -0.2) is 0 Å². The molecule has 0 bridgehead atoms. The van der Waals surface area contributed by atoms with E-state index in [1.807, 2.05) is 29.2 Å². The molecule has 2 fully saturated rings. The van der Waals surface area contributed by atoms with E-state index in [0.717, 1.165) is 31.0 Å². The highest BCUT2D eigenvalue weighted by Crippen LogP contribution is 2.34. The molecule has 114 valence electrons. The second-order valence-electron chi connectivity index (χ2n) is 6.38. The van der Waals surface area contributed by atoms with Crippen molar-refractivity contribution < 1.29 is 4.79 Å². The topological polar surface area (TPSA) is 32.3 Å². The minimum atomic E-state index is -0.0660. The molecule has 2 atom stereocenters. The predicted molar refractivity (Wildman–Crippen MR) is 86.8 cm³/mol. The van der Waals surface area contributed by atoms with E-state index in [2.05, 4.69) is 12.2 Å². The molecular weight excluding hydrogens is 284 g/mol. The molecule has 0 aromatic heterocycles. The Morgan fingerprint density at radius 2 is 2.10 bits per heavy atom. The maximum atomic E-state index is 12.7. The summed E-state index contributed by atoms with van der Waals surface area (Å²) in [4.78, 5) is 14.6. The lowest BCUT2D eigenvalue weighted by Crippen LogP contribution is -2.53. The molecule has 2 aliphatic rings. The normalized spacial score (nSPS) is 24.2. The number of nitrogens with zero attached hydrogens (tertiary/aromatic N) is 1. The number of hydrogen-bond acceptors (Lipinski definition) is 2. The molecule has 1 aromatic rings. The number of anilines is 1. The fourth-order valence-corrected chi connectivity index (χ4v) is 3.44. The third-order valence-electron chi connectivity index (χ3n) is 4.45. The van der Waals surface area contributed by atoms with Crippen LogP contribution in [0.3, 0.4) is 0 Å². The van der Waals surface area contributed by atoms with Crippen LogP contribution in [0.4, 0.5) is 5.69 Å². The Labute approximate surface area is 131 Å². The van der Waals surface area contributed by atoms with Gasteiger partial charge in [-0.3, -0.25) is 4.79 Å². The van der Waals surface area contributed by atoms with E-state index in [1.54, 1.807) is 0 Å². The molecule has 0 unspecified atom stereocenters. The van der Waals surface area contributed by atoms with Crippen LogP contribution in [0.25, 0.3) is 0 Å². The van der Waals surface area contributed by atoms with Crippen LogP contribution in [0.5, 0.6) is 0 Å². The van der Waals surface area contributed by atoms with E-state index in [0.29, 0.717) is 11.1 Å². The molecule has 1 heterocycles. The second kappa shape index (κ2) is 6.37. The zero-order valence-corrected chi connectivity index (χ0v) is 13.3. The lowest BCUT2D eigenvalue weighted by atomic mass is 10.0. The number of piperidine rings is 1. The molecule has 1 aromatic carbocycles. The first-order chi connectivity index (χ1) is 10.1. The lowest BCUT2D eigenvalue weighted by Gasteiger charge is -2.34. The maximum Gasteiger partial charge on any atom is 0.244 e. The molecular formula is C17H23ClN2O. The average molecular weight is 307 g/mol. The highest BCUT2D eigenvalue weighted by atomic mass is 35.5. The summed E-state index contributed by atoms with van der Waals surface area (Å²) in [5.41, 5.74) is 0.838. The van der Waals surface area contributed by atoms with Crippen LogP contribution in [0.15, 0.2) is 24.3 Å². The number of carbonyl (C=O) groups is 1. The predicted octanol–water partition coefficient (Wildman–Crippen LogP) is 3.61. The summed E-state index contributed by atoms with van der Waals surface area (Å²) in [6, 6.07) is 7.95. The summed E-state index contributed by atoms with van der Waals surface area (Å²) in [7, 11) is 0. The van der Waals surface area contributed by atoms with Gasteiger partial charge in [-0.05, 0) is 44.2 Å². The number of amides is 1. The fraction of sp³-hybridized carbons (Fsp3) is 0.588. The number of nitrogens with one attached hydrogen (secondary N) is 1. The number of carbonyl (C=O) groups excluding carboxylic acids is 1. The van der Waals surface area contributed by atoms with E-state index in [1.165, 1.54) is 19.3 Å². The number of rotatable bonds is 5. The SMILES string of the molecule is C[C@H](CC1CC1)N[C@H]1CCCN(c2ccccc2Cl)C1=O. The van der Waals surface area contributed by atoms with Gasteiger partial charge in [-0.2, -0.15) is 0 Å². The van der Waals surface area contributed by atoms with Crippen LogP contribution in [0.1, 0.15) is 39.0 Å². The van der Waals surface area contributed by atoms with Crippen molar-refractivity contribution in [3.8, 4) is 0 Å². The monoisotopic (exact) mass is 306 g/mol. The molecule has 21 heavy (non-hydrogen) atoms. The van der Waals surface area contributed by atoms with Crippen LogP contribution in [0.2, 0.25) is 5.02 Å². The van der Waals surface area contributed by atoms with E-state index in [4.69, 9.17) is 11.6 Å². The van der Waals surface area contributed by atoms with Gasteiger partial charge in [-0.15, -0.1) is 0 Å². The van der Waals surface area contributed by atoms with Gasteiger partial charge in [0.1, 0.15) is 0 Å². The lowest BCUT2D eigenvalue weighted by molar-refractivity contribution is -0.122. The van der Waals surface area contributed by atoms with Gasteiger partial charge in [-0.1, -0.05) is 36.6 Å². The molecule has 1 aliphatic heterocycles. The molecule has 4 heteroatoms. The number of benzene rings is 1. The Hall–Kier alpha value is -1.06. The van der Waals surface area contributed by atoms with Gasteiger partial charge in [0, 0.05) is 12.6 Å². The highest BCUT2D eigenvalue weighted by molar-refractivity contribution is 6.33. The van der Waals surface area contributed by atoms with Crippen molar-refractivity contribution in [3.63, 3.8) is 0 Å². The Bertz CT molecular complexity index is 515. The van der Waals surface area contributed by atoms with Gasteiger partial charge in [0.05, 0.1) is 16.8 Å². The van der Waals surface area contributed by atoms with Gasteiger partial charge in [0.15, 0.2) is 0 Å². The summed E-state index contributed by atoms with van der Waals surface area (Å²) >= 11 is 6.24. The Balaban J connectivity index is 1.66. The van der Waals surface area contributed by atoms with Crippen molar-refractivity contribution in [1.82, 2.24) is 5.32 Å². The largest absolute Gasteiger partial charge is 0.310 e. The molecule has 1 saturated heterocycles. The highest BCUT2D eigenvalue weighted by Gasteiger charge is 2.32. The molecule has 3 rings (SSSR count). The fourth-order valence-electron chi connectivity index (χ4n) is 3.20. The number of para-hydroxylation sites is 1. The van der Waals surface area contributed by atoms with Crippen LogP contribution < -0.4 is 10.2 Å². The quantitative estimate of drug-likeness (QED) is 0.901. The first kappa shape index (κ1) is 14.9. The minimum Gasteiger partial charge on any atom is -0.310 e. The van der Waals surface area contributed by atoms with Crippen LogP contribution in [-0.2, 0) is 4.79 Å². The van der Waals surface area contributed by atoms with E-state index in [-0.39, 0.29) is 11.9 Å². The Morgan fingerprint density at radius 3 is 2.81 bits per heavy atom. The zero-order valence-electron chi connectivity index (χ0n) is 12.5. The summed E-state index contributed by atoms with van der Waals surface area (Å²) in [6.07, 6.45) is 5.85. The van der Waals surface area contributed by atoms with Gasteiger partial charge < -0.3 is 10.2 Å². The molecule has 0 spiro atoms. The van der Waals surface area contributed by atoms with Crippen molar-refractivity contribution >= 4 is 23.2 Å². The summed E-state index contributed by atoms with van der Waals surface area (Å²) < 4.78 is 0. The summed E-state index contributed by atoms with van der Waals surface area (Å²) in [6.45, 7) is 2.96. The third-order valence-corrected chi connectivity index (χ3v) is 4.77. The minimum absolute atomic E-state index is 0.0660. The number of hydrogen-bond donors (Lipinski definition) is 1. The van der Waals surface area contributed by atoms with Gasteiger partial charge in [0.25, 0.3) is 0 Å². The average Bonchev–Trinajstić information content (AvgIpc) is 3.26. The smallest absolute Gasteiger partial charge is 0.244 e. The molecule has 1 amide bonds. The Kier molecular flexibility index (Phi) is 4.51. The first-order valence-electron chi connectivity index (χ1n) is 7.97. The van der Waals surface area contributed by atoms with E-state index < -0.39 is 0 Å². The first-order valence-corrected chi connectivity index (χ1v) is 8.35. The zero-order chi connectivity index (χ0) is 14.8. The standard InChI is InChI=1S/C17H23ClN2O/c1-12(11-13-8-9-13)19-15-6-4-10-20(17(15)21)16-7-3-2-5-14(16)18/h2-3,5,7,12-13,15,19H,4,6,8-11H2,1H3/t12-,15+/m1/s1. The molecule has 3 nitrogen and oxygen atoms in total.